The molecule has 0 radical (unpaired) electrons. The summed E-state index contributed by atoms with van der Waals surface area (Å²) in [7, 11) is 0. The highest BCUT2D eigenvalue weighted by Gasteiger charge is 2.02. The second-order valence-corrected chi connectivity index (χ2v) is 2.95. The van der Waals surface area contributed by atoms with Gasteiger partial charge in [-0.05, 0) is 19.1 Å². The summed E-state index contributed by atoms with van der Waals surface area (Å²) in [6.07, 6.45) is 1.65. The lowest BCUT2D eigenvalue weighted by molar-refractivity contribution is 0.276. The molecule has 1 N–H and O–H groups in total. The Balaban J connectivity index is 2.39. The molecular weight excluding hydrogens is 180 g/mol. The summed E-state index contributed by atoms with van der Waals surface area (Å²) in [4.78, 5) is 4.27. The molecule has 5 nitrogen and oxygen atoms in total. The molecule has 0 saturated heterocycles. The molecule has 0 atom stereocenters. The van der Waals surface area contributed by atoms with Crippen LogP contribution in [0.4, 0.5) is 0 Å². The van der Waals surface area contributed by atoms with Gasteiger partial charge in [0.2, 0.25) is 0 Å². The van der Waals surface area contributed by atoms with Crippen LogP contribution >= 0.6 is 0 Å². The summed E-state index contributed by atoms with van der Waals surface area (Å²) >= 11 is 0. The summed E-state index contributed by atoms with van der Waals surface area (Å²) in [5.74, 6) is 0.706. The minimum atomic E-state index is -0.105. The van der Waals surface area contributed by atoms with E-state index in [1.54, 1.807) is 10.9 Å². The van der Waals surface area contributed by atoms with Crippen molar-refractivity contribution in [1.29, 1.82) is 0 Å². The highest BCUT2D eigenvalue weighted by Crippen LogP contribution is 2.04. The van der Waals surface area contributed by atoms with Crippen molar-refractivity contribution in [2.75, 3.05) is 0 Å². The molecule has 0 saturated carbocycles. The number of aryl methyl sites for hydroxylation is 1. The normalized spacial score (nSPS) is 10.4. The Kier molecular flexibility index (Phi) is 2.24. The molecule has 2 aromatic rings. The van der Waals surface area contributed by atoms with E-state index in [9.17, 15) is 0 Å². The van der Waals surface area contributed by atoms with Crippen LogP contribution in [-0.2, 0) is 6.61 Å². The lowest BCUT2D eigenvalue weighted by atomic mass is 10.4. The maximum absolute atomic E-state index is 8.82. The number of aromatic nitrogens is 4. The Morgan fingerprint density at radius 2 is 2.29 bits per heavy atom. The molecule has 0 aromatic carbocycles. The van der Waals surface area contributed by atoms with Gasteiger partial charge in [0.25, 0.3) is 0 Å². The van der Waals surface area contributed by atoms with Gasteiger partial charge >= 0.3 is 0 Å². The van der Waals surface area contributed by atoms with Crippen molar-refractivity contribution in [1.82, 2.24) is 20.0 Å². The lowest BCUT2D eigenvalue weighted by Crippen LogP contribution is -1.98. The van der Waals surface area contributed by atoms with E-state index in [-0.39, 0.29) is 6.61 Å². The van der Waals surface area contributed by atoms with E-state index in [1.807, 2.05) is 25.1 Å². The fourth-order valence-electron chi connectivity index (χ4n) is 1.14. The van der Waals surface area contributed by atoms with Gasteiger partial charge in [0.15, 0.2) is 5.82 Å². The number of aliphatic hydroxyl groups excluding tert-OH is 1. The minimum absolute atomic E-state index is 0.105. The smallest absolute Gasteiger partial charge is 0.155 e. The number of hydrogen-bond donors (Lipinski definition) is 1. The molecule has 2 aromatic heterocycles. The van der Waals surface area contributed by atoms with Gasteiger partial charge in [0, 0.05) is 5.69 Å². The van der Waals surface area contributed by atoms with E-state index < -0.39 is 0 Å². The van der Waals surface area contributed by atoms with Crippen LogP contribution in [-0.4, -0.2) is 25.1 Å². The van der Waals surface area contributed by atoms with Crippen LogP contribution in [0.1, 0.15) is 11.4 Å². The van der Waals surface area contributed by atoms with E-state index in [2.05, 4.69) is 15.3 Å². The summed E-state index contributed by atoms with van der Waals surface area (Å²) in [6, 6.07) is 5.65. The number of hydrogen-bond acceptors (Lipinski definition) is 4. The van der Waals surface area contributed by atoms with Crippen LogP contribution in [0.5, 0.6) is 0 Å². The summed E-state index contributed by atoms with van der Waals surface area (Å²) < 4.78 is 1.54. The number of rotatable bonds is 2. The third-order valence-electron chi connectivity index (χ3n) is 1.81. The molecule has 14 heavy (non-hydrogen) atoms. The molecular formula is C9H10N4O. The maximum atomic E-state index is 8.82. The molecule has 2 heterocycles. The first-order valence-corrected chi connectivity index (χ1v) is 4.26. The summed E-state index contributed by atoms with van der Waals surface area (Å²) in [5, 5.41) is 16.4. The van der Waals surface area contributed by atoms with Crippen LogP contribution in [0.25, 0.3) is 5.82 Å². The van der Waals surface area contributed by atoms with Gasteiger partial charge in [-0.2, -0.15) is 0 Å². The lowest BCUT2D eigenvalue weighted by Gasteiger charge is -1.98. The fourth-order valence-corrected chi connectivity index (χ4v) is 1.14. The van der Waals surface area contributed by atoms with Crippen molar-refractivity contribution in [3.8, 4) is 5.82 Å². The zero-order valence-electron chi connectivity index (χ0n) is 7.75. The highest BCUT2D eigenvalue weighted by molar-refractivity contribution is 5.23. The Bertz CT molecular complexity index is 438. The van der Waals surface area contributed by atoms with Gasteiger partial charge in [-0.15, -0.1) is 5.10 Å². The Labute approximate surface area is 81.0 Å². The standard InChI is InChI=1S/C9H10N4O/c1-7-3-2-4-9(10-7)13-5-8(6-14)11-12-13/h2-5,14H,6H2,1H3. The number of nitrogens with zero attached hydrogens (tertiary/aromatic N) is 4. The van der Waals surface area contributed by atoms with Crippen LogP contribution in [0.2, 0.25) is 0 Å². The Morgan fingerprint density at radius 1 is 1.43 bits per heavy atom. The largest absolute Gasteiger partial charge is 0.390 e. The van der Waals surface area contributed by atoms with Crippen molar-refractivity contribution in [2.24, 2.45) is 0 Å². The first-order valence-electron chi connectivity index (χ1n) is 4.26. The average Bonchev–Trinajstić information content (AvgIpc) is 2.66. The second kappa shape index (κ2) is 3.55. The predicted molar refractivity (Wildman–Crippen MR) is 49.8 cm³/mol. The van der Waals surface area contributed by atoms with Crippen LogP contribution < -0.4 is 0 Å². The maximum Gasteiger partial charge on any atom is 0.155 e. The molecule has 5 heteroatoms. The van der Waals surface area contributed by atoms with Crippen molar-refractivity contribution < 1.29 is 5.11 Å². The van der Waals surface area contributed by atoms with Crippen LogP contribution in [0, 0.1) is 6.92 Å². The molecule has 0 unspecified atom stereocenters. The van der Waals surface area contributed by atoms with E-state index in [0.717, 1.165) is 5.69 Å². The second-order valence-electron chi connectivity index (χ2n) is 2.95. The third kappa shape index (κ3) is 1.62. The Hall–Kier alpha value is -1.75. The van der Waals surface area contributed by atoms with Gasteiger partial charge < -0.3 is 5.11 Å². The third-order valence-corrected chi connectivity index (χ3v) is 1.81. The van der Waals surface area contributed by atoms with E-state index >= 15 is 0 Å². The first-order chi connectivity index (χ1) is 6.79. The summed E-state index contributed by atoms with van der Waals surface area (Å²) in [6.45, 7) is 1.80. The molecule has 0 aliphatic rings. The van der Waals surface area contributed by atoms with Gasteiger partial charge in [0.05, 0.1) is 12.8 Å². The quantitative estimate of drug-likeness (QED) is 0.747. The summed E-state index contributed by atoms with van der Waals surface area (Å²) in [5.41, 5.74) is 1.46. The molecule has 0 spiro atoms. The molecule has 0 amide bonds. The molecule has 0 fully saturated rings. The molecule has 0 aliphatic heterocycles. The number of aliphatic hydroxyl groups is 1. The van der Waals surface area contributed by atoms with Crippen LogP contribution in [0.15, 0.2) is 24.4 Å². The average molecular weight is 190 g/mol. The van der Waals surface area contributed by atoms with Crippen molar-refractivity contribution in [3.63, 3.8) is 0 Å². The SMILES string of the molecule is Cc1cccc(-n2cc(CO)nn2)n1. The highest BCUT2D eigenvalue weighted by atomic mass is 16.3. The van der Waals surface area contributed by atoms with E-state index in [0.29, 0.717) is 11.5 Å². The monoisotopic (exact) mass is 190 g/mol. The number of pyridine rings is 1. The zero-order chi connectivity index (χ0) is 9.97. The zero-order valence-corrected chi connectivity index (χ0v) is 7.75. The topological polar surface area (TPSA) is 63.8 Å². The van der Waals surface area contributed by atoms with Crippen molar-refractivity contribution in [3.05, 3.63) is 35.8 Å². The van der Waals surface area contributed by atoms with Gasteiger partial charge in [0.1, 0.15) is 5.69 Å². The van der Waals surface area contributed by atoms with Gasteiger partial charge in [-0.25, -0.2) is 9.67 Å². The molecule has 0 bridgehead atoms. The first kappa shape index (κ1) is 8.83. The van der Waals surface area contributed by atoms with Crippen molar-refractivity contribution in [2.45, 2.75) is 13.5 Å². The van der Waals surface area contributed by atoms with Crippen molar-refractivity contribution >= 4 is 0 Å². The molecule has 72 valence electrons. The van der Waals surface area contributed by atoms with E-state index in [4.69, 9.17) is 5.11 Å². The molecule has 2 rings (SSSR count). The molecule has 0 aliphatic carbocycles. The minimum Gasteiger partial charge on any atom is -0.390 e. The van der Waals surface area contributed by atoms with E-state index in [1.165, 1.54) is 0 Å². The van der Waals surface area contributed by atoms with Crippen LogP contribution in [0.3, 0.4) is 0 Å². The van der Waals surface area contributed by atoms with Gasteiger partial charge in [-0.3, -0.25) is 0 Å². The van der Waals surface area contributed by atoms with Gasteiger partial charge in [-0.1, -0.05) is 11.3 Å². The predicted octanol–water partition coefficient (Wildman–Crippen LogP) is 0.463. The fraction of sp³-hybridized carbons (Fsp3) is 0.222. The Morgan fingerprint density at radius 3 is 2.93 bits per heavy atom.